The number of nitrogens with zero attached hydrogens (tertiary/aromatic N) is 2. The van der Waals surface area contributed by atoms with E-state index in [4.69, 9.17) is 21.1 Å². The molecule has 5 rings (SSSR count). The molecule has 0 unspecified atom stereocenters. The van der Waals surface area contributed by atoms with Gasteiger partial charge in [-0.1, -0.05) is 17.7 Å². The van der Waals surface area contributed by atoms with Crippen LogP contribution in [0.25, 0.3) is 15.9 Å². The number of anilines is 1. The molecular formula is C22H16ClN3O5S. The first-order valence-electron chi connectivity index (χ1n) is 9.62. The summed E-state index contributed by atoms with van der Waals surface area (Å²) in [6.07, 6.45) is 0. The Kier molecular flexibility index (Phi) is 4.99. The van der Waals surface area contributed by atoms with Crippen LogP contribution in [-0.2, 0) is 11.3 Å². The summed E-state index contributed by atoms with van der Waals surface area (Å²) in [5, 5.41) is 3.52. The van der Waals surface area contributed by atoms with Crippen LogP contribution in [0.3, 0.4) is 0 Å². The number of rotatable bonds is 4. The third-order valence-electron chi connectivity index (χ3n) is 4.96. The summed E-state index contributed by atoms with van der Waals surface area (Å²) < 4.78 is 12.9. The molecule has 0 saturated heterocycles. The number of thiophene rings is 1. The fraction of sp³-hybridized carbons (Fsp3) is 0.136. The van der Waals surface area contributed by atoms with Gasteiger partial charge in [0.1, 0.15) is 11.4 Å². The van der Waals surface area contributed by atoms with Gasteiger partial charge in [0.2, 0.25) is 12.7 Å². The Labute approximate surface area is 190 Å². The number of ether oxygens (including phenoxy) is 2. The number of nitrogens with one attached hydrogen (secondary N) is 1. The van der Waals surface area contributed by atoms with Gasteiger partial charge in [0.05, 0.1) is 11.1 Å². The molecule has 8 nitrogen and oxygen atoms in total. The monoisotopic (exact) mass is 469 g/mol. The summed E-state index contributed by atoms with van der Waals surface area (Å²) in [6, 6.07) is 13.2. The summed E-state index contributed by atoms with van der Waals surface area (Å²) in [4.78, 5) is 40.6. The number of halogens is 1. The van der Waals surface area contributed by atoms with Crippen LogP contribution in [0.4, 0.5) is 5.69 Å². The number of fused-ring (bicyclic) bond motifs is 2. The van der Waals surface area contributed by atoms with Crippen molar-refractivity contribution < 1.29 is 14.3 Å². The van der Waals surface area contributed by atoms with E-state index in [0.717, 1.165) is 9.44 Å². The molecule has 1 aliphatic heterocycles. The number of aryl methyl sites for hydroxylation is 1. The molecule has 3 heterocycles. The van der Waals surface area contributed by atoms with Gasteiger partial charge in [0, 0.05) is 21.7 Å². The molecule has 0 saturated carbocycles. The van der Waals surface area contributed by atoms with Gasteiger partial charge in [-0.25, -0.2) is 9.36 Å². The number of aromatic nitrogens is 2. The van der Waals surface area contributed by atoms with Crippen LogP contribution < -0.4 is 26.0 Å². The third-order valence-corrected chi connectivity index (χ3v) is 6.27. The molecule has 4 aromatic rings. The first-order valence-corrected chi connectivity index (χ1v) is 10.8. The first-order chi connectivity index (χ1) is 15.4. The Bertz CT molecular complexity index is 1500. The topological polar surface area (TPSA) is 91.6 Å². The normalized spacial score (nSPS) is 12.3. The van der Waals surface area contributed by atoms with Gasteiger partial charge in [0.25, 0.3) is 5.56 Å². The Morgan fingerprint density at radius 1 is 1.12 bits per heavy atom. The van der Waals surface area contributed by atoms with Gasteiger partial charge in [-0.05, 0) is 43.3 Å². The highest BCUT2D eigenvalue weighted by Gasteiger charge is 2.20. The van der Waals surface area contributed by atoms with E-state index in [0.29, 0.717) is 38.1 Å². The van der Waals surface area contributed by atoms with Crippen molar-refractivity contribution in [1.29, 1.82) is 0 Å². The third kappa shape index (κ3) is 3.55. The van der Waals surface area contributed by atoms with Gasteiger partial charge < -0.3 is 14.8 Å². The summed E-state index contributed by atoms with van der Waals surface area (Å²) in [5.74, 6) is 0.712. The minimum atomic E-state index is -0.618. The molecule has 0 bridgehead atoms. The summed E-state index contributed by atoms with van der Waals surface area (Å²) in [6.45, 7) is 1.70. The van der Waals surface area contributed by atoms with Crippen molar-refractivity contribution in [2.24, 2.45) is 0 Å². The zero-order chi connectivity index (χ0) is 22.4. The highest BCUT2D eigenvalue weighted by Crippen LogP contribution is 2.34. The molecule has 1 aliphatic rings. The number of benzene rings is 2. The molecule has 1 N–H and O–H groups in total. The molecule has 162 valence electrons. The molecule has 0 radical (unpaired) electrons. The number of carbonyl (C=O) groups excluding carboxylic acids is 1. The predicted molar refractivity (Wildman–Crippen MR) is 123 cm³/mol. The van der Waals surface area contributed by atoms with Crippen molar-refractivity contribution in [2.45, 2.75) is 13.5 Å². The minimum Gasteiger partial charge on any atom is -0.454 e. The maximum atomic E-state index is 13.3. The second-order valence-electron chi connectivity index (χ2n) is 7.18. The van der Waals surface area contributed by atoms with Crippen molar-refractivity contribution in [3.63, 3.8) is 0 Å². The van der Waals surface area contributed by atoms with Crippen molar-refractivity contribution in [2.75, 3.05) is 12.1 Å². The summed E-state index contributed by atoms with van der Waals surface area (Å²) in [7, 11) is 0. The van der Waals surface area contributed by atoms with Crippen molar-refractivity contribution in [1.82, 2.24) is 9.13 Å². The van der Waals surface area contributed by atoms with Gasteiger partial charge in [-0.2, -0.15) is 0 Å². The lowest BCUT2D eigenvalue weighted by molar-refractivity contribution is -0.116. The average molecular weight is 470 g/mol. The Balaban J connectivity index is 1.56. The lowest BCUT2D eigenvalue weighted by atomic mass is 10.2. The summed E-state index contributed by atoms with van der Waals surface area (Å²) in [5.41, 5.74) is -0.228. The Morgan fingerprint density at radius 2 is 1.94 bits per heavy atom. The van der Waals surface area contributed by atoms with Gasteiger partial charge >= 0.3 is 5.69 Å². The van der Waals surface area contributed by atoms with Crippen molar-refractivity contribution in [3.05, 3.63) is 79.3 Å². The van der Waals surface area contributed by atoms with E-state index in [1.165, 1.54) is 22.0 Å². The molecule has 32 heavy (non-hydrogen) atoms. The van der Waals surface area contributed by atoms with E-state index in [2.05, 4.69) is 5.32 Å². The van der Waals surface area contributed by atoms with Gasteiger partial charge in [-0.15, -0.1) is 11.3 Å². The number of carbonyl (C=O) groups is 1. The summed E-state index contributed by atoms with van der Waals surface area (Å²) >= 11 is 7.36. The number of hydrogen-bond acceptors (Lipinski definition) is 6. The lowest BCUT2D eigenvalue weighted by Crippen LogP contribution is -2.40. The van der Waals surface area contributed by atoms with Crippen LogP contribution in [-0.4, -0.2) is 21.8 Å². The molecular weight excluding hydrogens is 454 g/mol. The second-order valence-corrected chi connectivity index (χ2v) is 8.85. The van der Waals surface area contributed by atoms with Crippen LogP contribution in [0.1, 0.15) is 4.88 Å². The number of amides is 1. The average Bonchev–Trinajstić information content (AvgIpc) is 3.37. The Hall–Kier alpha value is -3.56. The standard InChI is InChI=1S/C22H16ClN3O5S/c1-12-7-16-20(28)26(15-4-2-3-13(23)8-15)22(29)25(21(16)32-12)10-19(27)24-14-5-6-17-18(9-14)31-11-30-17/h2-9H,10-11H2,1H3,(H,24,27). The fourth-order valence-electron chi connectivity index (χ4n) is 3.57. The molecule has 2 aromatic carbocycles. The fourth-order valence-corrected chi connectivity index (χ4v) is 4.75. The molecule has 2 aromatic heterocycles. The van der Waals surface area contributed by atoms with E-state index >= 15 is 0 Å². The molecule has 1 amide bonds. The maximum Gasteiger partial charge on any atom is 0.337 e. The maximum absolute atomic E-state index is 13.3. The molecule has 0 spiro atoms. The molecule has 0 atom stereocenters. The van der Waals surface area contributed by atoms with Crippen molar-refractivity contribution >= 4 is 44.7 Å². The lowest BCUT2D eigenvalue weighted by Gasteiger charge is -2.12. The largest absolute Gasteiger partial charge is 0.454 e. The highest BCUT2D eigenvalue weighted by molar-refractivity contribution is 7.18. The van der Waals surface area contributed by atoms with E-state index in [9.17, 15) is 14.4 Å². The zero-order valence-corrected chi connectivity index (χ0v) is 18.3. The van der Waals surface area contributed by atoms with E-state index in [1.807, 2.05) is 6.92 Å². The smallest absolute Gasteiger partial charge is 0.337 e. The minimum absolute atomic E-state index is 0.128. The quantitative estimate of drug-likeness (QED) is 0.493. The van der Waals surface area contributed by atoms with E-state index in [-0.39, 0.29) is 13.3 Å². The van der Waals surface area contributed by atoms with Crippen LogP contribution in [0.2, 0.25) is 5.02 Å². The van der Waals surface area contributed by atoms with Gasteiger partial charge in [-0.3, -0.25) is 14.2 Å². The van der Waals surface area contributed by atoms with Crippen LogP contribution in [0, 0.1) is 6.92 Å². The highest BCUT2D eigenvalue weighted by atomic mass is 35.5. The zero-order valence-electron chi connectivity index (χ0n) is 16.8. The first kappa shape index (κ1) is 20.3. The van der Waals surface area contributed by atoms with E-state index < -0.39 is 17.2 Å². The van der Waals surface area contributed by atoms with Crippen LogP contribution in [0.15, 0.2) is 58.1 Å². The predicted octanol–water partition coefficient (Wildman–Crippen LogP) is 3.54. The molecule has 0 fully saturated rings. The second kappa shape index (κ2) is 7.85. The Morgan fingerprint density at radius 3 is 2.75 bits per heavy atom. The van der Waals surface area contributed by atoms with E-state index in [1.54, 1.807) is 42.5 Å². The van der Waals surface area contributed by atoms with Gasteiger partial charge in [0.15, 0.2) is 11.5 Å². The van der Waals surface area contributed by atoms with Crippen LogP contribution in [0.5, 0.6) is 11.5 Å². The van der Waals surface area contributed by atoms with Crippen LogP contribution >= 0.6 is 22.9 Å². The van der Waals surface area contributed by atoms with Crippen molar-refractivity contribution in [3.8, 4) is 17.2 Å². The SMILES string of the molecule is Cc1cc2c(=O)n(-c3cccc(Cl)c3)c(=O)n(CC(=O)Nc3ccc4c(c3)OCO4)c2s1. The molecule has 0 aliphatic carbocycles. The number of hydrogen-bond donors (Lipinski definition) is 1. The molecule has 10 heteroatoms.